The molecule has 116 valence electrons. The molecule has 0 saturated heterocycles. The lowest BCUT2D eigenvalue weighted by molar-refractivity contribution is -0.125. The number of amides is 1. The second kappa shape index (κ2) is 5.47. The van der Waals surface area contributed by atoms with Gasteiger partial charge in [0.1, 0.15) is 0 Å². The number of benzene rings is 1. The molecule has 4 nitrogen and oxygen atoms in total. The first-order valence-corrected chi connectivity index (χ1v) is 8.24. The van der Waals surface area contributed by atoms with Crippen LogP contribution in [0.2, 0.25) is 0 Å². The number of aliphatic imine (C=N–C) groups is 1. The Balaban J connectivity index is 1.74. The molecular formula is C17H21N3OS. The lowest BCUT2D eigenvalue weighted by Gasteiger charge is -2.20. The molecule has 22 heavy (non-hydrogen) atoms. The molecule has 5 heteroatoms. The number of carbonyl (C=O) groups excluding carboxylic acids is 1. The number of thioether (sulfide) groups is 1. The van der Waals surface area contributed by atoms with Crippen LogP contribution in [0.1, 0.15) is 26.3 Å². The van der Waals surface area contributed by atoms with Crippen molar-refractivity contribution in [1.29, 1.82) is 0 Å². The number of rotatable bonds is 3. The molecule has 2 aliphatic heterocycles. The van der Waals surface area contributed by atoms with E-state index in [4.69, 9.17) is 4.99 Å². The van der Waals surface area contributed by atoms with Gasteiger partial charge < -0.3 is 9.80 Å². The van der Waals surface area contributed by atoms with Gasteiger partial charge in [0.2, 0.25) is 0 Å². The van der Waals surface area contributed by atoms with Crippen LogP contribution in [0.15, 0.2) is 45.9 Å². The van der Waals surface area contributed by atoms with E-state index < -0.39 is 0 Å². The molecule has 2 heterocycles. The number of nitrogens with zero attached hydrogens (tertiary/aromatic N) is 3. The third-order valence-corrected chi connectivity index (χ3v) is 5.07. The van der Waals surface area contributed by atoms with Gasteiger partial charge in [0.25, 0.3) is 5.91 Å². The molecule has 0 unspecified atom stereocenters. The highest BCUT2D eigenvalue weighted by atomic mass is 32.2. The van der Waals surface area contributed by atoms with Crippen LogP contribution in [0.3, 0.4) is 0 Å². The molecule has 0 N–H and O–H groups in total. The largest absolute Gasteiger partial charge is 0.337 e. The minimum Gasteiger partial charge on any atom is -0.337 e. The molecule has 0 bridgehead atoms. The average molecular weight is 315 g/mol. The van der Waals surface area contributed by atoms with Crippen molar-refractivity contribution < 1.29 is 4.79 Å². The highest BCUT2D eigenvalue weighted by molar-refractivity contribution is 8.18. The van der Waals surface area contributed by atoms with Gasteiger partial charge >= 0.3 is 0 Å². The van der Waals surface area contributed by atoms with Gasteiger partial charge in [0, 0.05) is 25.8 Å². The molecule has 0 atom stereocenters. The van der Waals surface area contributed by atoms with Crippen molar-refractivity contribution in [2.75, 3.05) is 13.6 Å². The fourth-order valence-electron chi connectivity index (χ4n) is 2.74. The number of amidine groups is 1. The lowest BCUT2D eigenvalue weighted by Crippen LogP contribution is -2.30. The van der Waals surface area contributed by atoms with Crippen molar-refractivity contribution in [2.24, 2.45) is 4.99 Å². The van der Waals surface area contributed by atoms with Crippen molar-refractivity contribution in [3.8, 4) is 0 Å². The number of hydrogen-bond donors (Lipinski definition) is 0. The first-order valence-electron chi connectivity index (χ1n) is 7.43. The Morgan fingerprint density at radius 1 is 1.36 bits per heavy atom. The van der Waals surface area contributed by atoms with Gasteiger partial charge in [-0.15, -0.1) is 0 Å². The van der Waals surface area contributed by atoms with Gasteiger partial charge in [-0.1, -0.05) is 30.3 Å². The van der Waals surface area contributed by atoms with Gasteiger partial charge in [-0.3, -0.25) is 9.79 Å². The van der Waals surface area contributed by atoms with Crippen molar-refractivity contribution in [3.63, 3.8) is 0 Å². The molecule has 0 saturated carbocycles. The molecule has 0 fully saturated rings. The van der Waals surface area contributed by atoms with Crippen LogP contribution in [0.25, 0.3) is 0 Å². The van der Waals surface area contributed by atoms with E-state index in [1.54, 1.807) is 4.90 Å². The molecule has 0 aliphatic carbocycles. The molecular weight excluding hydrogens is 294 g/mol. The maximum Gasteiger partial charge on any atom is 0.262 e. The minimum atomic E-state index is -0.0614. The second-order valence-electron chi connectivity index (χ2n) is 6.46. The first kappa shape index (κ1) is 15.2. The van der Waals surface area contributed by atoms with Crippen LogP contribution in [0.5, 0.6) is 0 Å². The molecule has 0 radical (unpaired) electrons. The Morgan fingerprint density at radius 2 is 2.05 bits per heavy atom. The molecule has 0 spiro atoms. The normalized spacial score (nSPS) is 19.3. The molecule has 1 aromatic rings. The van der Waals surface area contributed by atoms with Crippen molar-refractivity contribution in [1.82, 2.24) is 9.80 Å². The summed E-state index contributed by atoms with van der Waals surface area (Å²) >= 11 is 1.50. The van der Waals surface area contributed by atoms with Gasteiger partial charge in [0.05, 0.1) is 10.4 Å². The minimum absolute atomic E-state index is 0.0614. The summed E-state index contributed by atoms with van der Waals surface area (Å²) in [5, 5.41) is 0.957. The summed E-state index contributed by atoms with van der Waals surface area (Å²) in [4.78, 5) is 22.2. The molecule has 2 aliphatic rings. The standard InChI is InChI=1S/C17H21N3OS/c1-12-14(22-16-18-17(2,3)11-20(12)16)15(21)19(4)10-13-8-6-5-7-9-13/h5-9H,10-11H2,1-4H3. The number of likely N-dealkylation sites (N-methyl/N-ethyl adjacent to an activating group) is 1. The molecule has 1 aromatic carbocycles. The number of fused-ring (bicyclic) bond motifs is 1. The first-order chi connectivity index (χ1) is 10.4. The third kappa shape index (κ3) is 2.77. The van der Waals surface area contributed by atoms with Crippen molar-refractivity contribution >= 4 is 22.8 Å². The zero-order valence-electron chi connectivity index (χ0n) is 13.5. The Kier molecular flexibility index (Phi) is 3.77. The summed E-state index contributed by atoms with van der Waals surface area (Å²) in [5.74, 6) is 0.0706. The maximum absolute atomic E-state index is 12.7. The maximum atomic E-state index is 12.7. The Hall–Kier alpha value is -1.75. The van der Waals surface area contributed by atoms with E-state index in [1.807, 2.05) is 44.3 Å². The summed E-state index contributed by atoms with van der Waals surface area (Å²) in [6.45, 7) is 7.72. The van der Waals surface area contributed by atoms with Gasteiger partial charge in [-0.05, 0) is 38.1 Å². The fourth-order valence-corrected chi connectivity index (χ4v) is 4.03. The van der Waals surface area contributed by atoms with Crippen LogP contribution in [-0.2, 0) is 11.3 Å². The third-order valence-electron chi connectivity index (χ3n) is 3.90. The van der Waals surface area contributed by atoms with E-state index in [1.165, 1.54) is 11.8 Å². The van der Waals surface area contributed by atoms with E-state index >= 15 is 0 Å². The summed E-state index contributed by atoms with van der Waals surface area (Å²) in [5.41, 5.74) is 2.10. The Labute approximate surface area is 135 Å². The SMILES string of the molecule is CC1=C(C(=O)N(C)Cc2ccccc2)SC2=NC(C)(C)CN21. The zero-order valence-corrected chi connectivity index (χ0v) is 14.3. The highest BCUT2D eigenvalue weighted by Crippen LogP contribution is 2.40. The van der Waals surface area contributed by atoms with E-state index in [-0.39, 0.29) is 11.4 Å². The highest BCUT2D eigenvalue weighted by Gasteiger charge is 2.40. The van der Waals surface area contributed by atoms with E-state index in [0.717, 1.165) is 27.9 Å². The van der Waals surface area contributed by atoms with Crippen LogP contribution in [0, 0.1) is 0 Å². The van der Waals surface area contributed by atoms with Gasteiger partial charge in [-0.2, -0.15) is 0 Å². The Bertz CT molecular complexity index is 664. The Morgan fingerprint density at radius 3 is 2.68 bits per heavy atom. The topological polar surface area (TPSA) is 35.9 Å². The quantitative estimate of drug-likeness (QED) is 0.860. The smallest absolute Gasteiger partial charge is 0.262 e. The fraction of sp³-hybridized carbons (Fsp3) is 0.412. The average Bonchev–Trinajstić information content (AvgIpc) is 2.93. The monoisotopic (exact) mass is 315 g/mol. The molecule has 3 rings (SSSR count). The summed E-state index contributed by atoms with van der Waals surface area (Å²) < 4.78 is 0. The van der Waals surface area contributed by atoms with Gasteiger partial charge in [0.15, 0.2) is 5.17 Å². The predicted molar refractivity (Wildman–Crippen MR) is 91.4 cm³/mol. The van der Waals surface area contributed by atoms with Crippen LogP contribution < -0.4 is 0 Å². The van der Waals surface area contributed by atoms with Gasteiger partial charge in [-0.25, -0.2) is 0 Å². The lowest BCUT2D eigenvalue weighted by atomic mass is 10.1. The van der Waals surface area contributed by atoms with Crippen LogP contribution in [0.4, 0.5) is 0 Å². The summed E-state index contributed by atoms with van der Waals surface area (Å²) in [6, 6.07) is 10.1. The predicted octanol–water partition coefficient (Wildman–Crippen LogP) is 3.07. The summed E-state index contributed by atoms with van der Waals surface area (Å²) in [7, 11) is 1.85. The number of hydrogen-bond acceptors (Lipinski definition) is 4. The molecule has 0 aromatic heterocycles. The summed E-state index contributed by atoms with van der Waals surface area (Å²) in [6.07, 6.45) is 0. The van der Waals surface area contributed by atoms with Crippen LogP contribution >= 0.6 is 11.8 Å². The number of carbonyl (C=O) groups is 1. The van der Waals surface area contributed by atoms with Crippen molar-refractivity contribution in [2.45, 2.75) is 32.9 Å². The van der Waals surface area contributed by atoms with E-state index in [0.29, 0.717) is 6.54 Å². The van der Waals surface area contributed by atoms with Crippen molar-refractivity contribution in [3.05, 3.63) is 46.5 Å². The second-order valence-corrected chi connectivity index (χ2v) is 7.43. The van der Waals surface area contributed by atoms with E-state index in [2.05, 4.69) is 18.7 Å². The van der Waals surface area contributed by atoms with Crippen LogP contribution in [-0.4, -0.2) is 40.0 Å². The molecule has 1 amide bonds. The number of allylic oxidation sites excluding steroid dienone is 1. The van der Waals surface area contributed by atoms with E-state index in [9.17, 15) is 4.79 Å². The zero-order chi connectivity index (χ0) is 15.9.